The van der Waals surface area contributed by atoms with E-state index in [1.54, 1.807) is 0 Å². The van der Waals surface area contributed by atoms with Crippen molar-refractivity contribution in [2.24, 2.45) is 5.41 Å². The Morgan fingerprint density at radius 1 is 1.50 bits per heavy atom. The minimum Gasteiger partial charge on any atom is -0.377 e. The van der Waals surface area contributed by atoms with Crippen LogP contribution in [0, 0.1) is 5.41 Å². The molecule has 0 amide bonds. The van der Waals surface area contributed by atoms with Crippen molar-refractivity contribution in [1.82, 2.24) is 5.32 Å². The molecule has 0 spiro atoms. The van der Waals surface area contributed by atoms with E-state index in [2.05, 4.69) is 45.3 Å². The van der Waals surface area contributed by atoms with E-state index < -0.39 is 0 Å². The number of nitrogens with one attached hydrogen (secondary N) is 1. The van der Waals surface area contributed by atoms with Crippen molar-refractivity contribution >= 4 is 0 Å². The fourth-order valence-corrected chi connectivity index (χ4v) is 2.15. The highest BCUT2D eigenvalue weighted by Crippen LogP contribution is 2.44. The summed E-state index contributed by atoms with van der Waals surface area (Å²) in [5.41, 5.74) is 5.16. The van der Waals surface area contributed by atoms with E-state index in [0.717, 1.165) is 0 Å². The lowest BCUT2D eigenvalue weighted by molar-refractivity contribution is 0.363. The lowest BCUT2D eigenvalue weighted by Crippen LogP contribution is -2.45. The summed E-state index contributed by atoms with van der Waals surface area (Å²) < 4.78 is 0. The number of hydrogen-bond donors (Lipinski definition) is 1. The molecule has 1 heteroatoms. The van der Waals surface area contributed by atoms with E-state index in [9.17, 15) is 0 Å². The van der Waals surface area contributed by atoms with Crippen LogP contribution in [0.1, 0.15) is 20.8 Å². The molecule has 1 atom stereocenters. The van der Waals surface area contributed by atoms with Crippen LogP contribution in [0.5, 0.6) is 0 Å². The fourth-order valence-electron chi connectivity index (χ4n) is 2.15. The standard InChI is InChI=1S/C13H17N/c1-6-11-13(4,5)7-10-8(2)9(3)12(10)14-11/h6-7,11,14H,1-2H2,3-5H3. The molecule has 2 rings (SSSR count). The van der Waals surface area contributed by atoms with Gasteiger partial charge >= 0.3 is 0 Å². The molecule has 0 saturated carbocycles. The Morgan fingerprint density at radius 2 is 2.14 bits per heavy atom. The average Bonchev–Trinajstić information content (AvgIpc) is 2.15. The Labute approximate surface area is 85.9 Å². The Kier molecular flexibility index (Phi) is 1.75. The monoisotopic (exact) mass is 187 g/mol. The zero-order valence-electron chi connectivity index (χ0n) is 9.15. The van der Waals surface area contributed by atoms with Gasteiger partial charge in [0.2, 0.25) is 0 Å². The van der Waals surface area contributed by atoms with E-state index >= 15 is 0 Å². The van der Waals surface area contributed by atoms with E-state index in [-0.39, 0.29) is 5.41 Å². The lowest BCUT2D eigenvalue weighted by atomic mass is 9.71. The number of rotatable bonds is 1. The molecule has 1 aliphatic heterocycles. The second-order valence-electron chi connectivity index (χ2n) is 4.72. The van der Waals surface area contributed by atoms with Crippen LogP contribution in [-0.2, 0) is 0 Å². The summed E-state index contributed by atoms with van der Waals surface area (Å²) in [6.07, 6.45) is 4.29. The first kappa shape index (κ1) is 9.32. The smallest absolute Gasteiger partial charge is 0.0527 e. The fraction of sp³-hybridized carbons (Fsp3) is 0.385. The molecule has 0 saturated heterocycles. The molecule has 0 aromatic rings. The van der Waals surface area contributed by atoms with Crippen LogP contribution in [0.25, 0.3) is 0 Å². The first-order valence-electron chi connectivity index (χ1n) is 5.00. The van der Waals surface area contributed by atoms with Crippen LogP contribution in [0.3, 0.4) is 0 Å². The predicted octanol–water partition coefficient (Wildman–Crippen LogP) is 2.94. The number of hydrogen-bond acceptors (Lipinski definition) is 1. The van der Waals surface area contributed by atoms with Gasteiger partial charge in [-0.25, -0.2) is 0 Å². The Balaban J connectivity index is 2.47. The van der Waals surface area contributed by atoms with Gasteiger partial charge in [-0.05, 0) is 18.1 Å². The molecule has 0 aromatic heterocycles. The van der Waals surface area contributed by atoms with Crippen molar-refractivity contribution in [2.75, 3.05) is 0 Å². The minimum atomic E-state index is 0.129. The summed E-state index contributed by atoms with van der Waals surface area (Å²) in [5, 5.41) is 3.51. The molecule has 1 aliphatic carbocycles. The van der Waals surface area contributed by atoms with Gasteiger partial charge in [-0.3, -0.25) is 0 Å². The van der Waals surface area contributed by atoms with Crippen LogP contribution < -0.4 is 5.32 Å². The molecule has 0 radical (unpaired) electrons. The summed E-state index contributed by atoms with van der Waals surface area (Å²) in [7, 11) is 0. The average molecular weight is 187 g/mol. The van der Waals surface area contributed by atoms with Gasteiger partial charge in [-0.2, -0.15) is 0 Å². The zero-order valence-corrected chi connectivity index (χ0v) is 9.15. The van der Waals surface area contributed by atoms with Gasteiger partial charge in [-0.15, -0.1) is 6.58 Å². The van der Waals surface area contributed by atoms with Crippen LogP contribution in [0.2, 0.25) is 0 Å². The van der Waals surface area contributed by atoms with Crippen molar-refractivity contribution in [3.63, 3.8) is 0 Å². The third kappa shape index (κ3) is 1.02. The summed E-state index contributed by atoms with van der Waals surface area (Å²) in [4.78, 5) is 0. The van der Waals surface area contributed by atoms with Gasteiger partial charge in [0.05, 0.1) is 6.04 Å². The highest BCUT2D eigenvalue weighted by Gasteiger charge is 2.37. The predicted molar refractivity (Wildman–Crippen MR) is 60.8 cm³/mol. The topological polar surface area (TPSA) is 12.0 Å². The third-order valence-electron chi connectivity index (χ3n) is 3.28. The van der Waals surface area contributed by atoms with E-state index in [1.807, 2.05) is 6.08 Å². The second-order valence-corrected chi connectivity index (χ2v) is 4.72. The molecule has 14 heavy (non-hydrogen) atoms. The molecule has 1 unspecified atom stereocenters. The number of fused-ring (bicyclic) bond motifs is 1. The van der Waals surface area contributed by atoms with Gasteiger partial charge in [0.1, 0.15) is 0 Å². The third-order valence-corrected chi connectivity index (χ3v) is 3.28. The van der Waals surface area contributed by atoms with Crippen molar-refractivity contribution < 1.29 is 0 Å². The van der Waals surface area contributed by atoms with Crippen molar-refractivity contribution in [1.29, 1.82) is 0 Å². The highest BCUT2D eigenvalue weighted by molar-refractivity contribution is 5.68. The van der Waals surface area contributed by atoms with Gasteiger partial charge in [0.25, 0.3) is 0 Å². The molecule has 1 N–H and O–H groups in total. The Hall–Kier alpha value is -1.24. The molecular formula is C13H17N. The molecular weight excluding hydrogens is 170 g/mol. The second kappa shape index (κ2) is 2.63. The zero-order chi connectivity index (χ0) is 10.5. The summed E-state index contributed by atoms with van der Waals surface area (Å²) in [6.45, 7) is 14.5. The normalized spacial score (nSPS) is 28.6. The van der Waals surface area contributed by atoms with E-state index in [4.69, 9.17) is 0 Å². The maximum Gasteiger partial charge on any atom is 0.0527 e. The van der Waals surface area contributed by atoms with Gasteiger partial charge in [-0.1, -0.05) is 32.6 Å². The maximum atomic E-state index is 4.05. The van der Waals surface area contributed by atoms with Gasteiger partial charge < -0.3 is 5.32 Å². The SMILES string of the molecule is C=CC1NC2=C(C)C(=C)C2=CC1(C)C. The van der Waals surface area contributed by atoms with Crippen molar-refractivity contribution in [2.45, 2.75) is 26.8 Å². The first-order chi connectivity index (χ1) is 6.47. The van der Waals surface area contributed by atoms with Crippen LogP contribution in [-0.4, -0.2) is 6.04 Å². The molecule has 0 aromatic carbocycles. The largest absolute Gasteiger partial charge is 0.377 e. The van der Waals surface area contributed by atoms with E-state index in [0.29, 0.717) is 6.04 Å². The van der Waals surface area contributed by atoms with Crippen molar-refractivity contribution in [3.05, 3.63) is 47.7 Å². The van der Waals surface area contributed by atoms with Gasteiger partial charge in [0, 0.05) is 16.7 Å². The van der Waals surface area contributed by atoms with Crippen LogP contribution >= 0.6 is 0 Å². The molecule has 0 bridgehead atoms. The van der Waals surface area contributed by atoms with Crippen LogP contribution in [0.4, 0.5) is 0 Å². The Bertz CT molecular complexity index is 380. The quantitative estimate of drug-likeness (QED) is 0.622. The summed E-state index contributed by atoms with van der Waals surface area (Å²) in [6, 6.07) is 0.323. The van der Waals surface area contributed by atoms with Crippen molar-refractivity contribution in [3.8, 4) is 0 Å². The maximum absolute atomic E-state index is 4.05. The highest BCUT2D eigenvalue weighted by atomic mass is 15.0. The molecule has 1 nitrogen and oxygen atoms in total. The van der Waals surface area contributed by atoms with Gasteiger partial charge in [0.15, 0.2) is 0 Å². The molecule has 0 fully saturated rings. The minimum absolute atomic E-state index is 0.129. The number of allylic oxidation sites excluding steroid dienone is 2. The van der Waals surface area contributed by atoms with E-state index in [1.165, 1.54) is 22.4 Å². The lowest BCUT2D eigenvalue weighted by Gasteiger charge is -2.43. The summed E-state index contributed by atoms with van der Waals surface area (Å²) >= 11 is 0. The van der Waals surface area contributed by atoms with Crippen LogP contribution in [0.15, 0.2) is 47.7 Å². The first-order valence-corrected chi connectivity index (χ1v) is 5.00. The molecule has 74 valence electrons. The molecule has 1 heterocycles. The summed E-state index contributed by atoms with van der Waals surface area (Å²) in [5.74, 6) is 0. The Morgan fingerprint density at radius 3 is 2.71 bits per heavy atom. The molecule has 2 aliphatic rings.